The van der Waals surface area contributed by atoms with Crippen molar-refractivity contribution in [1.29, 1.82) is 0 Å². The summed E-state index contributed by atoms with van der Waals surface area (Å²) < 4.78 is 0. The van der Waals surface area contributed by atoms with Gasteiger partial charge in [-0.15, -0.1) is 0 Å². The first kappa shape index (κ1) is 15.2. The number of nitrogens with two attached hydrogens (primary N) is 1. The number of hydrogen-bond acceptors (Lipinski definition) is 5. The first-order chi connectivity index (χ1) is 10.2. The minimum absolute atomic E-state index is 0.0644. The normalized spacial score (nSPS) is 19.3. The second kappa shape index (κ2) is 7.01. The number of aromatic nitrogens is 2. The number of nitrogens with zero attached hydrogens (tertiary/aromatic N) is 3. The van der Waals surface area contributed by atoms with Gasteiger partial charge in [0.05, 0.1) is 5.56 Å². The quantitative estimate of drug-likeness (QED) is 0.337. The van der Waals surface area contributed by atoms with Gasteiger partial charge in [0.2, 0.25) is 0 Å². The Hall–Kier alpha value is -2.18. The maximum atomic E-state index is 12.4. The minimum atomic E-state index is -0.790. The molecule has 0 spiro atoms. The highest BCUT2D eigenvalue weighted by molar-refractivity contribution is 5.99. The van der Waals surface area contributed by atoms with Gasteiger partial charge in [0.15, 0.2) is 5.84 Å². The fourth-order valence-corrected chi connectivity index (χ4v) is 2.76. The molecule has 114 valence electrons. The average molecular weight is 291 g/mol. The van der Waals surface area contributed by atoms with Crippen LogP contribution in [0.4, 0.5) is 0 Å². The third kappa shape index (κ3) is 3.68. The number of carbonyl (C=O) groups excluding carboxylic acids is 1. The van der Waals surface area contributed by atoms with Crippen molar-refractivity contribution in [1.82, 2.24) is 15.3 Å². The molecule has 0 atom stereocenters. The molecule has 1 aliphatic rings. The molecule has 1 heterocycles. The number of amides is 1. The standard InChI is InChI=1S/C14H21N5O2/c15-13(19-21)14(6-4-2-1-3-5-7-14)18-12(20)11-8-16-10-17-9-11/h8-10,21H,1-7H2,(H2,15,19)(H,18,20). The van der Waals surface area contributed by atoms with E-state index in [1.54, 1.807) is 0 Å². The summed E-state index contributed by atoms with van der Waals surface area (Å²) in [6, 6.07) is 0. The third-order valence-electron chi connectivity index (χ3n) is 3.98. The van der Waals surface area contributed by atoms with Gasteiger partial charge >= 0.3 is 0 Å². The number of oxime groups is 1. The lowest BCUT2D eigenvalue weighted by Gasteiger charge is -2.35. The van der Waals surface area contributed by atoms with E-state index in [1.165, 1.54) is 25.1 Å². The van der Waals surface area contributed by atoms with Crippen LogP contribution in [0, 0.1) is 0 Å². The first-order valence-electron chi connectivity index (χ1n) is 7.23. The number of nitrogens with one attached hydrogen (secondary N) is 1. The molecule has 0 bridgehead atoms. The smallest absolute Gasteiger partial charge is 0.255 e. The minimum Gasteiger partial charge on any atom is -0.409 e. The zero-order valence-electron chi connectivity index (χ0n) is 12.0. The molecule has 7 heteroatoms. The molecule has 1 aromatic heterocycles. The monoisotopic (exact) mass is 291 g/mol. The second-order valence-corrected chi connectivity index (χ2v) is 5.42. The molecule has 1 saturated carbocycles. The van der Waals surface area contributed by atoms with Gasteiger partial charge in [-0.2, -0.15) is 0 Å². The topological polar surface area (TPSA) is 113 Å². The Kier molecular flexibility index (Phi) is 5.08. The van der Waals surface area contributed by atoms with E-state index in [2.05, 4.69) is 20.4 Å². The van der Waals surface area contributed by atoms with Gasteiger partial charge < -0.3 is 16.3 Å². The van der Waals surface area contributed by atoms with E-state index >= 15 is 0 Å². The van der Waals surface area contributed by atoms with Crippen LogP contribution in [0.25, 0.3) is 0 Å². The van der Waals surface area contributed by atoms with Crippen molar-refractivity contribution >= 4 is 11.7 Å². The van der Waals surface area contributed by atoms with Crippen LogP contribution in [-0.4, -0.2) is 32.5 Å². The zero-order chi connectivity index (χ0) is 15.1. The van der Waals surface area contributed by atoms with Crippen molar-refractivity contribution in [2.45, 2.75) is 50.5 Å². The van der Waals surface area contributed by atoms with Crippen LogP contribution < -0.4 is 11.1 Å². The molecular formula is C14H21N5O2. The summed E-state index contributed by atoms with van der Waals surface area (Å²) in [5.41, 5.74) is 5.46. The number of carbonyl (C=O) groups is 1. The third-order valence-corrected chi connectivity index (χ3v) is 3.98. The number of rotatable bonds is 3. The number of hydrogen-bond donors (Lipinski definition) is 3. The summed E-state index contributed by atoms with van der Waals surface area (Å²) in [7, 11) is 0. The van der Waals surface area contributed by atoms with E-state index < -0.39 is 5.54 Å². The molecule has 1 aromatic rings. The highest BCUT2D eigenvalue weighted by atomic mass is 16.4. The predicted octanol–water partition coefficient (Wildman–Crippen LogP) is 1.44. The van der Waals surface area contributed by atoms with Crippen LogP contribution in [0.1, 0.15) is 55.3 Å². The Bertz CT molecular complexity index is 495. The highest BCUT2D eigenvalue weighted by Gasteiger charge is 2.36. The van der Waals surface area contributed by atoms with Crippen molar-refractivity contribution in [2.75, 3.05) is 0 Å². The summed E-state index contributed by atoms with van der Waals surface area (Å²) in [6.45, 7) is 0. The van der Waals surface area contributed by atoms with Gasteiger partial charge in [-0.1, -0.05) is 37.3 Å². The van der Waals surface area contributed by atoms with Crippen molar-refractivity contribution in [3.63, 3.8) is 0 Å². The van der Waals surface area contributed by atoms with Gasteiger partial charge in [0, 0.05) is 12.4 Å². The SMILES string of the molecule is NC(=NO)C1(NC(=O)c2cncnc2)CCCCCCC1. The molecule has 0 unspecified atom stereocenters. The summed E-state index contributed by atoms with van der Waals surface area (Å²) in [5, 5.41) is 15.2. The molecule has 1 amide bonds. The lowest BCUT2D eigenvalue weighted by molar-refractivity contribution is 0.0909. The van der Waals surface area contributed by atoms with Crippen molar-refractivity contribution < 1.29 is 10.0 Å². The fourth-order valence-electron chi connectivity index (χ4n) is 2.76. The lowest BCUT2D eigenvalue weighted by Crippen LogP contribution is -2.57. The van der Waals surface area contributed by atoms with Crippen LogP contribution in [0.2, 0.25) is 0 Å². The van der Waals surface area contributed by atoms with E-state index in [0.29, 0.717) is 18.4 Å². The zero-order valence-corrected chi connectivity index (χ0v) is 12.0. The van der Waals surface area contributed by atoms with Crippen LogP contribution in [0.15, 0.2) is 23.9 Å². The summed E-state index contributed by atoms with van der Waals surface area (Å²) in [5.74, 6) is -0.239. The van der Waals surface area contributed by atoms with E-state index in [1.807, 2.05) is 0 Å². The molecule has 7 nitrogen and oxygen atoms in total. The molecule has 1 aliphatic carbocycles. The van der Waals surface area contributed by atoms with Crippen LogP contribution in [0.5, 0.6) is 0 Å². The van der Waals surface area contributed by atoms with Gasteiger partial charge in [0.1, 0.15) is 11.9 Å². The lowest BCUT2D eigenvalue weighted by atomic mass is 9.82. The molecule has 21 heavy (non-hydrogen) atoms. The van der Waals surface area contributed by atoms with Crippen molar-refractivity contribution in [3.8, 4) is 0 Å². The fraction of sp³-hybridized carbons (Fsp3) is 0.571. The number of amidine groups is 1. The summed E-state index contributed by atoms with van der Waals surface area (Å²) in [4.78, 5) is 20.0. The molecular weight excluding hydrogens is 270 g/mol. The first-order valence-corrected chi connectivity index (χ1v) is 7.23. The Labute approximate surface area is 123 Å². The van der Waals surface area contributed by atoms with E-state index in [-0.39, 0.29) is 11.7 Å². The van der Waals surface area contributed by atoms with E-state index in [4.69, 9.17) is 10.9 Å². The van der Waals surface area contributed by atoms with Gasteiger partial charge in [0.25, 0.3) is 5.91 Å². The Morgan fingerprint density at radius 1 is 1.19 bits per heavy atom. The molecule has 0 aliphatic heterocycles. The van der Waals surface area contributed by atoms with E-state index in [0.717, 1.165) is 25.7 Å². The molecule has 0 saturated heterocycles. The highest BCUT2D eigenvalue weighted by Crippen LogP contribution is 2.27. The van der Waals surface area contributed by atoms with Crippen LogP contribution in [-0.2, 0) is 0 Å². The molecule has 4 N–H and O–H groups in total. The van der Waals surface area contributed by atoms with Gasteiger partial charge in [-0.3, -0.25) is 4.79 Å². The second-order valence-electron chi connectivity index (χ2n) is 5.42. The van der Waals surface area contributed by atoms with Crippen LogP contribution >= 0.6 is 0 Å². The predicted molar refractivity (Wildman–Crippen MR) is 78.0 cm³/mol. The maximum absolute atomic E-state index is 12.4. The van der Waals surface area contributed by atoms with E-state index in [9.17, 15) is 4.79 Å². The molecule has 0 aromatic carbocycles. The largest absolute Gasteiger partial charge is 0.409 e. The van der Waals surface area contributed by atoms with Gasteiger partial charge in [-0.05, 0) is 12.8 Å². The van der Waals surface area contributed by atoms with Gasteiger partial charge in [-0.25, -0.2) is 9.97 Å². The Morgan fingerprint density at radius 2 is 1.76 bits per heavy atom. The van der Waals surface area contributed by atoms with Crippen molar-refractivity contribution in [3.05, 3.63) is 24.3 Å². The Morgan fingerprint density at radius 3 is 2.33 bits per heavy atom. The Balaban J connectivity index is 2.21. The molecule has 1 fully saturated rings. The van der Waals surface area contributed by atoms with Crippen LogP contribution in [0.3, 0.4) is 0 Å². The molecule has 2 rings (SSSR count). The average Bonchev–Trinajstić information content (AvgIpc) is 2.50. The van der Waals surface area contributed by atoms with Crippen molar-refractivity contribution in [2.24, 2.45) is 10.9 Å². The maximum Gasteiger partial charge on any atom is 0.255 e. The summed E-state index contributed by atoms with van der Waals surface area (Å²) >= 11 is 0. The molecule has 0 radical (unpaired) electrons. The summed E-state index contributed by atoms with van der Waals surface area (Å²) in [6.07, 6.45) is 10.8.